The van der Waals surface area contributed by atoms with Gasteiger partial charge < -0.3 is 10.1 Å². The Balaban J connectivity index is 2.00. The first kappa shape index (κ1) is 19.1. The molecule has 3 aromatic rings. The van der Waals surface area contributed by atoms with Crippen LogP contribution in [-0.2, 0) is 13.5 Å². The molecule has 4 nitrogen and oxygen atoms in total. The van der Waals surface area contributed by atoms with Crippen LogP contribution in [-0.4, -0.2) is 16.9 Å². The van der Waals surface area contributed by atoms with E-state index in [0.717, 1.165) is 12.1 Å². The normalized spacial score (nSPS) is 10.9. The zero-order valence-electron chi connectivity index (χ0n) is 14.9. The van der Waals surface area contributed by atoms with Crippen LogP contribution in [0.25, 0.3) is 0 Å². The summed E-state index contributed by atoms with van der Waals surface area (Å²) in [7, 11) is 3.03. The number of nitrogens with one attached hydrogen (secondary N) is 1. The highest BCUT2D eigenvalue weighted by Gasteiger charge is 2.20. The maximum atomic E-state index is 14.4. The molecule has 2 aromatic carbocycles. The molecule has 0 aliphatic heterocycles. The molecule has 1 N–H and O–H groups in total. The van der Waals surface area contributed by atoms with Crippen LogP contribution in [0.1, 0.15) is 16.8 Å². The van der Waals surface area contributed by atoms with E-state index in [4.69, 9.17) is 16.3 Å². The summed E-state index contributed by atoms with van der Waals surface area (Å²) >= 11 is 6.07. The van der Waals surface area contributed by atoms with Gasteiger partial charge in [0.05, 0.1) is 23.5 Å². The molecule has 3 rings (SSSR count). The van der Waals surface area contributed by atoms with Crippen LogP contribution in [0.5, 0.6) is 5.75 Å². The number of rotatable bonds is 5. The highest BCUT2D eigenvalue weighted by molar-refractivity contribution is 6.33. The minimum absolute atomic E-state index is 0.0253. The summed E-state index contributed by atoms with van der Waals surface area (Å²) in [5.41, 5.74) is 1.56. The molecule has 0 unspecified atom stereocenters. The Morgan fingerprint density at radius 1 is 1.11 bits per heavy atom. The van der Waals surface area contributed by atoms with Crippen LogP contribution in [0, 0.1) is 24.4 Å². The van der Waals surface area contributed by atoms with Gasteiger partial charge in [0.25, 0.3) is 0 Å². The maximum Gasteiger partial charge on any atom is 0.133 e. The topological polar surface area (TPSA) is 39.1 Å². The molecule has 0 radical (unpaired) electrons. The monoisotopic (exact) mass is 395 g/mol. The number of benzene rings is 2. The summed E-state index contributed by atoms with van der Waals surface area (Å²) < 4.78 is 48.4. The summed E-state index contributed by atoms with van der Waals surface area (Å²) in [6.07, 6.45) is -0.0253. The summed E-state index contributed by atoms with van der Waals surface area (Å²) in [5.74, 6) is -1.26. The van der Waals surface area contributed by atoms with Gasteiger partial charge in [-0.1, -0.05) is 11.6 Å². The molecular weight excluding hydrogens is 379 g/mol. The third-order valence-corrected chi connectivity index (χ3v) is 4.55. The van der Waals surface area contributed by atoms with Crippen LogP contribution in [0.3, 0.4) is 0 Å². The van der Waals surface area contributed by atoms with E-state index in [1.165, 1.54) is 25.3 Å². The Labute approximate surface area is 159 Å². The van der Waals surface area contributed by atoms with Crippen molar-refractivity contribution in [2.75, 3.05) is 12.4 Å². The number of methoxy groups -OCH3 is 1. The van der Waals surface area contributed by atoms with Crippen molar-refractivity contribution in [1.82, 2.24) is 9.78 Å². The average molecular weight is 396 g/mol. The van der Waals surface area contributed by atoms with Crippen LogP contribution < -0.4 is 10.1 Å². The molecule has 0 atom stereocenters. The second kappa shape index (κ2) is 7.52. The molecule has 0 spiro atoms. The first-order valence-corrected chi connectivity index (χ1v) is 8.44. The van der Waals surface area contributed by atoms with E-state index >= 15 is 0 Å². The molecule has 1 aromatic heterocycles. The molecule has 142 valence electrons. The zero-order chi connectivity index (χ0) is 19.7. The van der Waals surface area contributed by atoms with Crippen molar-refractivity contribution >= 4 is 23.1 Å². The number of hydrogen-bond donors (Lipinski definition) is 1. The van der Waals surface area contributed by atoms with Gasteiger partial charge in [0.1, 0.15) is 29.0 Å². The Bertz CT molecular complexity index is 981. The van der Waals surface area contributed by atoms with Crippen molar-refractivity contribution in [3.05, 3.63) is 69.6 Å². The number of anilines is 2. The fourth-order valence-corrected chi connectivity index (χ4v) is 3.05. The summed E-state index contributed by atoms with van der Waals surface area (Å²) in [6, 6.07) is 6.19. The van der Waals surface area contributed by atoms with Crippen LogP contribution in [0.15, 0.2) is 30.3 Å². The van der Waals surface area contributed by atoms with E-state index in [1.807, 2.05) is 0 Å². The second-order valence-corrected chi connectivity index (χ2v) is 6.44. The lowest BCUT2D eigenvalue weighted by atomic mass is 10.0. The Kier molecular flexibility index (Phi) is 5.32. The highest BCUT2D eigenvalue weighted by atomic mass is 35.5. The first-order valence-electron chi connectivity index (χ1n) is 8.06. The predicted molar refractivity (Wildman–Crippen MR) is 98.4 cm³/mol. The maximum absolute atomic E-state index is 14.4. The van der Waals surface area contributed by atoms with Crippen molar-refractivity contribution in [2.45, 2.75) is 13.3 Å². The number of ether oxygens (including phenoxy) is 1. The number of aromatic nitrogens is 2. The fourth-order valence-electron chi connectivity index (χ4n) is 2.83. The number of aryl methyl sites for hydroxylation is 2. The fraction of sp³-hybridized carbons (Fsp3) is 0.211. The van der Waals surface area contributed by atoms with Gasteiger partial charge in [0.2, 0.25) is 0 Å². The largest absolute Gasteiger partial charge is 0.497 e. The second-order valence-electron chi connectivity index (χ2n) is 6.03. The smallest absolute Gasteiger partial charge is 0.133 e. The molecule has 0 aliphatic carbocycles. The summed E-state index contributed by atoms with van der Waals surface area (Å²) in [6.45, 7) is 1.74. The van der Waals surface area contributed by atoms with Gasteiger partial charge in [0.15, 0.2) is 0 Å². The Morgan fingerprint density at radius 2 is 1.78 bits per heavy atom. The Hall–Kier alpha value is -2.67. The van der Waals surface area contributed by atoms with Crippen molar-refractivity contribution in [3.63, 3.8) is 0 Å². The average Bonchev–Trinajstić information content (AvgIpc) is 2.86. The molecule has 0 aliphatic rings. The highest BCUT2D eigenvalue weighted by Crippen LogP contribution is 2.31. The molecule has 0 bridgehead atoms. The van der Waals surface area contributed by atoms with E-state index in [9.17, 15) is 13.2 Å². The quantitative estimate of drug-likeness (QED) is 0.650. The number of halogens is 4. The van der Waals surface area contributed by atoms with Gasteiger partial charge in [-0.2, -0.15) is 5.10 Å². The lowest BCUT2D eigenvalue weighted by Gasteiger charge is -2.13. The van der Waals surface area contributed by atoms with Gasteiger partial charge in [-0.3, -0.25) is 4.68 Å². The van der Waals surface area contributed by atoms with E-state index in [1.54, 1.807) is 18.7 Å². The molecular formula is C19H17ClF3N3O. The number of nitrogens with zero attached hydrogens (tertiary/aromatic N) is 2. The van der Waals surface area contributed by atoms with Gasteiger partial charge >= 0.3 is 0 Å². The molecule has 1 heterocycles. The van der Waals surface area contributed by atoms with E-state index in [2.05, 4.69) is 10.4 Å². The van der Waals surface area contributed by atoms with Gasteiger partial charge in [0, 0.05) is 36.7 Å². The predicted octanol–water partition coefficient (Wildman–Crippen LogP) is 5.14. The lowest BCUT2D eigenvalue weighted by Crippen LogP contribution is -2.04. The van der Waals surface area contributed by atoms with E-state index in [-0.39, 0.29) is 22.8 Å². The molecule has 27 heavy (non-hydrogen) atoms. The third kappa shape index (κ3) is 3.88. The molecule has 0 fully saturated rings. The molecule has 0 saturated heterocycles. The third-order valence-electron chi connectivity index (χ3n) is 4.23. The number of hydrogen-bond acceptors (Lipinski definition) is 3. The van der Waals surface area contributed by atoms with Crippen LogP contribution in [0.4, 0.5) is 24.7 Å². The van der Waals surface area contributed by atoms with Crippen LogP contribution in [0.2, 0.25) is 5.02 Å². The summed E-state index contributed by atoms with van der Waals surface area (Å²) in [5, 5.41) is 7.56. The molecule has 8 heteroatoms. The lowest BCUT2D eigenvalue weighted by molar-refractivity contribution is 0.405. The molecule has 0 amide bonds. The van der Waals surface area contributed by atoms with Gasteiger partial charge in [-0.05, 0) is 25.1 Å². The standard InChI is InChI=1S/C19H17ClF3N3O/c1-10-13(9-14-16(22)7-12(27-3)8-17(14)23)19(26(2)25-10)24-18-5-4-11(21)6-15(18)20/h4-8,24H,9H2,1-3H3. The summed E-state index contributed by atoms with van der Waals surface area (Å²) in [4.78, 5) is 0. The SMILES string of the molecule is COc1cc(F)c(Cc2c(C)nn(C)c2Nc2ccc(F)cc2Cl)c(F)c1. The van der Waals surface area contributed by atoms with Crippen molar-refractivity contribution in [3.8, 4) is 5.75 Å². The first-order chi connectivity index (χ1) is 12.8. The van der Waals surface area contributed by atoms with Crippen molar-refractivity contribution in [1.29, 1.82) is 0 Å². The minimum atomic E-state index is -0.708. The van der Waals surface area contributed by atoms with E-state index in [0.29, 0.717) is 22.8 Å². The Morgan fingerprint density at radius 3 is 2.37 bits per heavy atom. The van der Waals surface area contributed by atoms with Crippen LogP contribution >= 0.6 is 11.6 Å². The minimum Gasteiger partial charge on any atom is -0.497 e. The van der Waals surface area contributed by atoms with Gasteiger partial charge in [-0.25, -0.2) is 13.2 Å². The van der Waals surface area contributed by atoms with E-state index < -0.39 is 17.5 Å². The molecule has 0 saturated carbocycles. The zero-order valence-corrected chi connectivity index (χ0v) is 15.7. The van der Waals surface area contributed by atoms with Gasteiger partial charge in [-0.15, -0.1) is 0 Å². The van der Waals surface area contributed by atoms with Crippen molar-refractivity contribution in [2.24, 2.45) is 7.05 Å². The van der Waals surface area contributed by atoms with Crippen molar-refractivity contribution < 1.29 is 17.9 Å².